The Bertz CT molecular complexity index is 674. The fourth-order valence-electron chi connectivity index (χ4n) is 2.65. The molecule has 0 N–H and O–H groups in total. The second-order valence-corrected chi connectivity index (χ2v) is 7.91. The van der Waals surface area contributed by atoms with Crippen LogP contribution in [0.15, 0.2) is 60.7 Å². The molecular formula is C19H24NO4P. The first-order valence-electron chi connectivity index (χ1n) is 8.55. The zero-order chi connectivity index (χ0) is 17.4. The fraction of sp³-hybridized carbons (Fsp3) is 0.368. The van der Waals surface area contributed by atoms with E-state index in [-0.39, 0.29) is 6.61 Å². The predicted molar refractivity (Wildman–Crippen MR) is 98.1 cm³/mol. The van der Waals surface area contributed by atoms with Gasteiger partial charge >= 0.3 is 7.60 Å². The third-order valence-electron chi connectivity index (χ3n) is 4.09. The van der Waals surface area contributed by atoms with Crippen molar-refractivity contribution in [1.82, 2.24) is 4.90 Å². The lowest BCUT2D eigenvalue weighted by molar-refractivity contribution is 0.0312. The largest absolute Gasteiger partial charge is 0.379 e. The molecule has 1 heterocycles. The molecule has 2 aromatic carbocycles. The SMILES string of the molecule is O=P(OCCN1CCOCC1)(OCc1ccccc1)c1ccccc1. The van der Waals surface area contributed by atoms with E-state index in [4.69, 9.17) is 13.8 Å². The Kier molecular flexibility index (Phi) is 6.79. The lowest BCUT2D eigenvalue weighted by Gasteiger charge is -2.27. The Labute approximate surface area is 149 Å². The molecule has 0 bridgehead atoms. The Balaban J connectivity index is 1.63. The van der Waals surface area contributed by atoms with Crippen LogP contribution in [0.2, 0.25) is 0 Å². The highest BCUT2D eigenvalue weighted by Crippen LogP contribution is 2.47. The molecule has 6 heteroatoms. The molecule has 0 aromatic heterocycles. The van der Waals surface area contributed by atoms with Crippen LogP contribution in [0.4, 0.5) is 0 Å². The summed E-state index contributed by atoms with van der Waals surface area (Å²) in [5, 5.41) is 0.591. The van der Waals surface area contributed by atoms with Gasteiger partial charge < -0.3 is 13.8 Å². The molecule has 0 amide bonds. The highest BCUT2D eigenvalue weighted by molar-refractivity contribution is 7.62. The Morgan fingerprint density at radius 3 is 2.24 bits per heavy atom. The van der Waals surface area contributed by atoms with Gasteiger partial charge in [0, 0.05) is 19.6 Å². The van der Waals surface area contributed by atoms with Crippen molar-refractivity contribution < 1.29 is 18.3 Å². The molecule has 0 aliphatic carbocycles. The van der Waals surface area contributed by atoms with E-state index in [0.717, 1.165) is 38.4 Å². The molecule has 1 saturated heterocycles. The van der Waals surface area contributed by atoms with Gasteiger partial charge in [0.2, 0.25) is 0 Å². The monoisotopic (exact) mass is 361 g/mol. The van der Waals surface area contributed by atoms with Gasteiger partial charge in [-0.25, -0.2) is 0 Å². The number of morpholine rings is 1. The second-order valence-electron chi connectivity index (χ2n) is 5.88. The summed E-state index contributed by atoms with van der Waals surface area (Å²) in [4.78, 5) is 2.25. The van der Waals surface area contributed by atoms with Crippen LogP contribution in [0.5, 0.6) is 0 Å². The number of hydrogen-bond donors (Lipinski definition) is 0. The second kappa shape index (κ2) is 9.27. The highest BCUT2D eigenvalue weighted by atomic mass is 31.2. The zero-order valence-electron chi connectivity index (χ0n) is 14.3. The van der Waals surface area contributed by atoms with Crippen molar-refractivity contribution in [3.05, 3.63) is 66.2 Å². The van der Waals surface area contributed by atoms with Gasteiger partial charge in [-0.2, -0.15) is 0 Å². The smallest absolute Gasteiger partial charge is 0.361 e. The van der Waals surface area contributed by atoms with Gasteiger partial charge in [0.25, 0.3) is 0 Å². The van der Waals surface area contributed by atoms with E-state index in [1.807, 2.05) is 48.5 Å². The maximum atomic E-state index is 13.3. The van der Waals surface area contributed by atoms with E-state index in [1.165, 1.54) is 0 Å². The van der Waals surface area contributed by atoms with E-state index in [1.54, 1.807) is 12.1 Å². The van der Waals surface area contributed by atoms with Crippen molar-refractivity contribution >= 4 is 12.9 Å². The first-order chi connectivity index (χ1) is 12.3. The minimum absolute atomic E-state index is 0.255. The van der Waals surface area contributed by atoms with Crippen molar-refractivity contribution in [3.63, 3.8) is 0 Å². The average Bonchev–Trinajstić information content (AvgIpc) is 2.69. The van der Waals surface area contributed by atoms with Gasteiger partial charge in [-0.05, 0) is 17.7 Å². The quantitative estimate of drug-likeness (QED) is 0.677. The number of nitrogens with zero attached hydrogens (tertiary/aromatic N) is 1. The Morgan fingerprint density at radius 2 is 1.56 bits per heavy atom. The van der Waals surface area contributed by atoms with Crippen molar-refractivity contribution in [1.29, 1.82) is 0 Å². The molecule has 134 valence electrons. The summed E-state index contributed by atoms with van der Waals surface area (Å²) in [5.74, 6) is 0. The first-order valence-corrected chi connectivity index (χ1v) is 10.1. The Morgan fingerprint density at radius 1 is 0.920 bits per heavy atom. The molecule has 0 saturated carbocycles. The van der Waals surface area contributed by atoms with Crippen LogP contribution in [0.1, 0.15) is 5.56 Å². The molecule has 0 radical (unpaired) electrons. The summed E-state index contributed by atoms with van der Waals surface area (Å²) in [6.07, 6.45) is 0. The van der Waals surface area contributed by atoms with Crippen LogP contribution in [0.3, 0.4) is 0 Å². The Hall–Kier alpha value is -1.49. The summed E-state index contributed by atoms with van der Waals surface area (Å²) in [7, 11) is -3.36. The maximum Gasteiger partial charge on any atom is 0.361 e. The summed E-state index contributed by atoms with van der Waals surface area (Å²) >= 11 is 0. The molecule has 5 nitrogen and oxygen atoms in total. The minimum Gasteiger partial charge on any atom is -0.379 e. The molecule has 1 unspecified atom stereocenters. The first kappa shape index (κ1) is 18.3. The third kappa shape index (κ3) is 5.50. The third-order valence-corrected chi connectivity index (χ3v) is 6.01. The molecule has 3 rings (SSSR count). The summed E-state index contributed by atoms with van der Waals surface area (Å²) in [5.41, 5.74) is 0.968. The summed E-state index contributed by atoms with van der Waals surface area (Å²) in [6, 6.07) is 18.9. The number of ether oxygens (including phenoxy) is 1. The minimum atomic E-state index is -3.36. The van der Waals surface area contributed by atoms with Crippen LogP contribution in [-0.2, 0) is 25.0 Å². The topological polar surface area (TPSA) is 48.0 Å². The van der Waals surface area contributed by atoms with Crippen LogP contribution in [0.25, 0.3) is 0 Å². The van der Waals surface area contributed by atoms with Gasteiger partial charge in [0.1, 0.15) is 0 Å². The van der Waals surface area contributed by atoms with Crippen LogP contribution in [0, 0.1) is 0 Å². The van der Waals surface area contributed by atoms with Gasteiger partial charge in [-0.3, -0.25) is 9.46 Å². The van der Waals surface area contributed by atoms with E-state index in [9.17, 15) is 4.57 Å². The van der Waals surface area contributed by atoms with Crippen LogP contribution >= 0.6 is 7.60 Å². The van der Waals surface area contributed by atoms with Gasteiger partial charge in [0.15, 0.2) is 0 Å². The van der Waals surface area contributed by atoms with E-state index < -0.39 is 7.60 Å². The maximum absolute atomic E-state index is 13.3. The summed E-state index contributed by atoms with van der Waals surface area (Å²) in [6.45, 7) is 4.57. The fourth-order valence-corrected chi connectivity index (χ4v) is 4.20. The van der Waals surface area contributed by atoms with Crippen molar-refractivity contribution in [2.75, 3.05) is 39.5 Å². The van der Waals surface area contributed by atoms with Gasteiger partial charge in [-0.15, -0.1) is 0 Å². The van der Waals surface area contributed by atoms with Crippen molar-refractivity contribution in [2.45, 2.75) is 6.61 Å². The lowest BCUT2D eigenvalue weighted by atomic mass is 10.2. The van der Waals surface area contributed by atoms with Crippen LogP contribution in [-0.4, -0.2) is 44.4 Å². The van der Waals surface area contributed by atoms with Gasteiger partial charge in [-0.1, -0.05) is 48.5 Å². The molecular weight excluding hydrogens is 337 g/mol. The normalized spacial score (nSPS) is 17.9. The van der Waals surface area contributed by atoms with Gasteiger partial charge in [0.05, 0.1) is 31.7 Å². The van der Waals surface area contributed by atoms with Crippen molar-refractivity contribution in [2.24, 2.45) is 0 Å². The molecule has 1 atom stereocenters. The number of hydrogen-bond acceptors (Lipinski definition) is 5. The molecule has 0 spiro atoms. The molecule has 1 fully saturated rings. The summed E-state index contributed by atoms with van der Waals surface area (Å²) < 4.78 is 30.3. The zero-order valence-corrected chi connectivity index (χ0v) is 15.1. The molecule has 1 aliphatic heterocycles. The number of rotatable bonds is 8. The van der Waals surface area contributed by atoms with E-state index >= 15 is 0 Å². The molecule has 1 aliphatic rings. The molecule has 25 heavy (non-hydrogen) atoms. The highest BCUT2D eigenvalue weighted by Gasteiger charge is 2.28. The number of benzene rings is 2. The standard InChI is InChI=1S/C19H24NO4P/c21-25(19-9-5-2-6-10-19,24-17-18-7-3-1-4-8-18)23-16-13-20-11-14-22-15-12-20/h1-10H,11-17H2. The van der Waals surface area contributed by atoms with E-state index in [0.29, 0.717) is 11.9 Å². The lowest BCUT2D eigenvalue weighted by Crippen LogP contribution is -2.38. The predicted octanol–water partition coefficient (Wildman–Crippen LogP) is 3.07. The average molecular weight is 361 g/mol. The van der Waals surface area contributed by atoms with Crippen LogP contribution < -0.4 is 5.30 Å². The van der Waals surface area contributed by atoms with Crippen molar-refractivity contribution in [3.8, 4) is 0 Å². The molecule has 2 aromatic rings. The van der Waals surface area contributed by atoms with E-state index in [2.05, 4.69) is 4.90 Å².